The van der Waals surface area contributed by atoms with Crippen molar-refractivity contribution >= 4 is 5.91 Å². The predicted molar refractivity (Wildman–Crippen MR) is 46.4 cm³/mol. The third kappa shape index (κ3) is 1.78. The number of rotatable bonds is 3. The largest absolute Gasteiger partial charge is 0.356 e. The first-order chi connectivity index (χ1) is 5.75. The van der Waals surface area contributed by atoms with Crippen molar-refractivity contribution in [2.75, 3.05) is 6.54 Å². The zero-order valence-corrected chi connectivity index (χ0v) is 7.25. The smallest absolute Gasteiger partial charge is 0.223 e. The molecule has 0 aromatic rings. The van der Waals surface area contributed by atoms with E-state index in [-0.39, 0.29) is 5.91 Å². The Morgan fingerprint density at radius 1 is 1.42 bits per heavy atom. The molecule has 2 fully saturated rings. The van der Waals surface area contributed by atoms with Gasteiger partial charge in [-0.25, -0.2) is 0 Å². The molecule has 0 aromatic heterocycles. The number of carbonyl (C=O) groups excluding carboxylic acids is 1. The highest BCUT2D eigenvalue weighted by Gasteiger charge is 2.31. The Kier molecular flexibility index (Phi) is 2.05. The third-order valence-electron chi connectivity index (χ3n) is 2.79. The van der Waals surface area contributed by atoms with Crippen LogP contribution in [0.2, 0.25) is 0 Å². The molecular formula is C9H16N2O. The van der Waals surface area contributed by atoms with Gasteiger partial charge < -0.3 is 11.1 Å². The molecule has 12 heavy (non-hydrogen) atoms. The standard InChI is InChI=1S/C9H16N2O/c10-8-3-6(4-8)5-11-9(12)7-1-2-7/h6-8H,1-5,10H2,(H,11,12). The van der Waals surface area contributed by atoms with Gasteiger partial charge in [0.05, 0.1) is 0 Å². The Labute approximate surface area is 72.7 Å². The number of hydrogen-bond acceptors (Lipinski definition) is 2. The molecule has 0 atom stereocenters. The van der Waals surface area contributed by atoms with E-state index >= 15 is 0 Å². The van der Waals surface area contributed by atoms with Gasteiger partial charge in [-0.2, -0.15) is 0 Å². The molecule has 0 saturated heterocycles. The van der Waals surface area contributed by atoms with E-state index < -0.39 is 0 Å². The molecule has 2 aliphatic rings. The van der Waals surface area contributed by atoms with E-state index in [0.717, 1.165) is 32.2 Å². The molecule has 3 nitrogen and oxygen atoms in total. The number of amides is 1. The van der Waals surface area contributed by atoms with Crippen molar-refractivity contribution < 1.29 is 4.79 Å². The van der Waals surface area contributed by atoms with Gasteiger partial charge >= 0.3 is 0 Å². The van der Waals surface area contributed by atoms with Crippen LogP contribution in [0.25, 0.3) is 0 Å². The molecule has 0 radical (unpaired) electrons. The zero-order valence-electron chi connectivity index (χ0n) is 7.25. The number of hydrogen-bond donors (Lipinski definition) is 2. The molecule has 2 saturated carbocycles. The second-order valence-corrected chi connectivity index (χ2v) is 4.12. The molecule has 3 N–H and O–H groups in total. The maximum absolute atomic E-state index is 11.2. The average Bonchev–Trinajstić information content (AvgIpc) is 2.77. The van der Waals surface area contributed by atoms with Crippen LogP contribution < -0.4 is 11.1 Å². The lowest BCUT2D eigenvalue weighted by atomic mass is 9.81. The number of nitrogens with one attached hydrogen (secondary N) is 1. The van der Waals surface area contributed by atoms with Crippen molar-refractivity contribution in [2.24, 2.45) is 17.6 Å². The molecule has 0 bridgehead atoms. The van der Waals surface area contributed by atoms with E-state index in [1.165, 1.54) is 0 Å². The normalized spacial score (nSPS) is 34.1. The zero-order chi connectivity index (χ0) is 8.55. The lowest BCUT2D eigenvalue weighted by Crippen LogP contribution is -2.42. The van der Waals surface area contributed by atoms with E-state index in [2.05, 4.69) is 5.32 Å². The maximum atomic E-state index is 11.2. The summed E-state index contributed by atoms with van der Waals surface area (Å²) in [7, 11) is 0. The third-order valence-corrected chi connectivity index (χ3v) is 2.79. The van der Waals surface area contributed by atoms with Crippen LogP contribution in [0.1, 0.15) is 25.7 Å². The molecule has 0 aromatic carbocycles. The van der Waals surface area contributed by atoms with Gasteiger partial charge in [0.1, 0.15) is 0 Å². The monoisotopic (exact) mass is 168 g/mol. The molecule has 68 valence electrons. The van der Waals surface area contributed by atoms with Gasteiger partial charge in [-0.15, -0.1) is 0 Å². The maximum Gasteiger partial charge on any atom is 0.223 e. The first kappa shape index (κ1) is 8.05. The summed E-state index contributed by atoms with van der Waals surface area (Å²) in [6.45, 7) is 0.850. The van der Waals surface area contributed by atoms with Crippen molar-refractivity contribution in [3.8, 4) is 0 Å². The Hall–Kier alpha value is -0.570. The summed E-state index contributed by atoms with van der Waals surface area (Å²) in [5.74, 6) is 1.26. The Morgan fingerprint density at radius 2 is 2.08 bits per heavy atom. The number of nitrogens with two attached hydrogens (primary N) is 1. The van der Waals surface area contributed by atoms with Crippen LogP contribution >= 0.6 is 0 Å². The van der Waals surface area contributed by atoms with Gasteiger partial charge in [0.25, 0.3) is 0 Å². The van der Waals surface area contributed by atoms with Crippen LogP contribution in [0, 0.1) is 11.8 Å². The van der Waals surface area contributed by atoms with Gasteiger partial charge in [0, 0.05) is 18.5 Å². The van der Waals surface area contributed by atoms with Gasteiger partial charge in [-0.3, -0.25) is 4.79 Å². The molecule has 2 rings (SSSR count). The summed E-state index contributed by atoms with van der Waals surface area (Å²) in [6.07, 6.45) is 4.36. The molecule has 0 heterocycles. The van der Waals surface area contributed by atoms with Crippen molar-refractivity contribution in [3.05, 3.63) is 0 Å². The van der Waals surface area contributed by atoms with Crippen molar-refractivity contribution in [2.45, 2.75) is 31.7 Å². The minimum absolute atomic E-state index is 0.260. The molecule has 0 unspecified atom stereocenters. The Balaban J connectivity index is 1.59. The van der Waals surface area contributed by atoms with E-state index in [4.69, 9.17) is 5.73 Å². The predicted octanol–water partition coefficient (Wildman–Crippen LogP) is 0.250. The Morgan fingerprint density at radius 3 is 2.58 bits per heavy atom. The summed E-state index contributed by atoms with van der Waals surface area (Å²) in [4.78, 5) is 11.2. The van der Waals surface area contributed by atoms with Crippen molar-refractivity contribution in [3.63, 3.8) is 0 Å². The fourth-order valence-corrected chi connectivity index (χ4v) is 1.69. The minimum atomic E-state index is 0.260. The quantitative estimate of drug-likeness (QED) is 0.634. The first-order valence-corrected chi connectivity index (χ1v) is 4.79. The van der Waals surface area contributed by atoms with Crippen LogP contribution in [0.4, 0.5) is 0 Å². The van der Waals surface area contributed by atoms with E-state index in [1.807, 2.05) is 0 Å². The molecule has 0 spiro atoms. The summed E-state index contributed by atoms with van der Waals surface area (Å²) >= 11 is 0. The molecule has 2 aliphatic carbocycles. The van der Waals surface area contributed by atoms with Gasteiger partial charge in [0.2, 0.25) is 5.91 Å². The highest BCUT2D eigenvalue weighted by atomic mass is 16.2. The first-order valence-electron chi connectivity index (χ1n) is 4.79. The SMILES string of the molecule is NC1CC(CNC(=O)C2CC2)C1. The minimum Gasteiger partial charge on any atom is -0.356 e. The van der Waals surface area contributed by atoms with Crippen LogP contribution in [0.15, 0.2) is 0 Å². The van der Waals surface area contributed by atoms with Crippen LogP contribution in [0.5, 0.6) is 0 Å². The second kappa shape index (κ2) is 3.05. The van der Waals surface area contributed by atoms with Crippen LogP contribution in [-0.2, 0) is 4.79 Å². The van der Waals surface area contributed by atoms with E-state index in [0.29, 0.717) is 17.9 Å². The highest BCUT2D eigenvalue weighted by molar-refractivity contribution is 5.80. The summed E-state index contributed by atoms with van der Waals surface area (Å²) in [6, 6.07) is 0.396. The van der Waals surface area contributed by atoms with Gasteiger partial charge in [-0.05, 0) is 31.6 Å². The van der Waals surface area contributed by atoms with Crippen molar-refractivity contribution in [1.82, 2.24) is 5.32 Å². The molecular weight excluding hydrogens is 152 g/mol. The van der Waals surface area contributed by atoms with E-state index in [9.17, 15) is 4.79 Å². The lowest BCUT2D eigenvalue weighted by Gasteiger charge is -2.32. The summed E-state index contributed by atoms with van der Waals surface area (Å²) in [5.41, 5.74) is 5.63. The molecule has 3 heteroatoms. The van der Waals surface area contributed by atoms with Crippen LogP contribution in [-0.4, -0.2) is 18.5 Å². The van der Waals surface area contributed by atoms with Crippen molar-refractivity contribution in [1.29, 1.82) is 0 Å². The molecule has 1 amide bonds. The summed E-state index contributed by atoms with van der Waals surface area (Å²) < 4.78 is 0. The fourth-order valence-electron chi connectivity index (χ4n) is 1.69. The average molecular weight is 168 g/mol. The lowest BCUT2D eigenvalue weighted by molar-refractivity contribution is -0.122. The van der Waals surface area contributed by atoms with Crippen LogP contribution in [0.3, 0.4) is 0 Å². The topological polar surface area (TPSA) is 55.1 Å². The highest BCUT2D eigenvalue weighted by Crippen LogP contribution is 2.29. The molecule has 0 aliphatic heterocycles. The van der Waals surface area contributed by atoms with Gasteiger partial charge in [-0.1, -0.05) is 0 Å². The van der Waals surface area contributed by atoms with Gasteiger partial charge in [0.15, 0.2) is 0 Å². The summed E-state index contributed by atoms with van der Waals surface area (Å²) in [5, 5.41) is 2.97. The Bertz CT molecular complexity index is 183. The number of carbonyl (C=O) groups is 1. The fraction of sp³-hybridized carbons (Fsp3) is 0.889. The second-order valence-electron chi connectivity index (χ2n) is 4.12. The van der Waals surface area contributed by atoms with E-state index in [1.54, 1.807) is 0 Å².